The number of benzene rings is 2. The largest absolute Gasteiger partial charge is 0.430 e. The van der Waals surface area contributed by atoms with Gasteiger partial charge in [0.1, 0.15) is 5.82 Å². The predicted molar refractivity (Wildman–Crippen MR) is 135 cm³/mol. The Labute approximate surface area is 220 Å². The molecule has 2 amide bonds. The number of halogens is 4. The van der Waals surface area contributed by atoms with Crippen LogP contribution in [0.2, 0.25) is 0 Å². The molecule has 2 aromatic rings. The Hall–Kier alpha value is -2.94. The molecule has 2 atom stereocenters. The van der Waals surface area contributed by atoms with Gasteiger partial charge in [0, 0.05) is 44.6 Å². The zero-order valence-corrected chi connectivity index (χ0v) is 21.9. The molecule has 2 unspecified atom stereocenters. The van der Waals surface area contributed by atoms with Crippen LogP contribution in [0, 0.1) is 17.2 Å². The average molecular weight is 535 g/mol. The van der Waals surface area contributed by atoms with Crippen LogP contribution >= 0.6 is 0 Å². The molecule has 0 bridgehead atoms. The Balaban J connectivity index is 1.60. The number of hydrogen-bond acceptors (Lipinski definition) is 3. The van der Waals surface area contributed by atoms with Gasteiger partial charge in [0.2, 0.25) is 5.91 Å². The van der Waals surface area contributed by atoms with Gasteiger partial charge in [-0.25, -0.2) is 4.39 Å². The zero-order chi connectivity index (χ0) is 27.7. The van der Waals surface area contributed by atoms with Gasteiger partial charge in [-0.3, -0.25) is 9.59 Å². The molecule has 2 aliphatic rings. The summed E-state index contributed by atoms with van der Waals surface area (Å²) >= 11 is 0. The monoisotopic (exact) mass is 534 g/mol. The van der Waals surface area contributed by atoms with Crippen molar-refractivity contribution in [2.75, 3.05) is 26.7 Å². The fraction of sp³-hybridized carbons (Fsp3) is 0.517. The maximum Gasteiger partial charge on any atom is 0.430 e. The maximum absolute atomic E-state index is 14.6. The fourth-order valence-corrected chi connectivity index (χ4v) is 6.08. The fourth-order valence-electron chi connectivity index (χ4n) is 6.08. The zero-order valence-electron chi connectivity index (χ0n) is 21.9. The molecule has 0 saturated carbocycles. The Morgan fingerprint density at radius 3 is 2.21 bits per heavy atom. The van der Waals surface area contributed by atoms with Crippen LogP contribution in [0.4, 0.5) is 17.6 Å². The number of hydrogen-bond donors (Lipinski definition) is 1. The quantitative estimate of drug-likeness (QED) is 0.509. The van der Waals surface area contributed by atoms with Crippen molar-refractivity contribution >= 4 is 11.8 Å². The Morgan fingerprint density at radius 2 is 1.68 bits per heavy atom. The SMILES string of the molecule is COC(C(=O)N1CCC2(CC1)CC(=O)NCC2c1ccc(F)cc1)(c1ccc(CC(C)C)cc1)C(F)(F)F. The van der Waals surface area contributed by atoms with E-state index >= 15 is 0 Å². The number of nitrogens with one attached hydrogen (secondary N) is 1. The second-order valence-electron chi connectivity index (χ2n) is 10.9. The minimum absolute atomic E-state index is 0.0520. The number of ether oxygens (including phenoxy) is 1. The Kier molecular flexibility index (Phi) is 7.89. The third kappa shape index (κ3) is 5.17. The minimum atomic E-state index is -4.99. The first-order chi connectivity index (χ1) is 17.9. The molecule has 0 aliphatic carbocycles. The smallest absolute Gasteiger partial charge is 0.356 e. The van der Waals surface area contributed by atoms with E-state index in [-0.39, 0.29) is 42.7 Å². The van der Waals surface area contributed by atoms with Gasteiger partial charge in [0.15, 0.2) is 0 Å². The van der Waals surface area contributed by atoms with Crippen LogP contribution < -0.4 is 5.32 Å². The third-order valence-electron chi connectivity index (χ3n) is 8.08. The molecular formula is C29H34F4N2O3. The van der Waals surface area contributed by atoms with E-state index in [0.29, 0.717) is 31.7 Å². The molecule has 2 heterocycles. The Morgan fingerprint density at radius 1 is 1.08 bits per heavy atom. The molecule has 1 N–H and O–H groups in total. The van der Waals surface area contributed by atoms with Gasteiger partial charge in [-0.1, -0.05) is 50.2 Å². The summed E-state index contributed by atoms with van der Waals surface area (Å²) in [6.45, 7) is 4.50. The third-order valence-corrected chi connectivity index (χ3v) is 8.08. The van der Waals surface area contributed by atoms with Crippen LogP contribution in [-0.4, -0.2) is 49.6 Å². The van der Waals surface area contributed by atoms with Crippen LogP contribution in [0.1, 0.15) is 55.7 Å². The van der Waals surface area contributed by atoms with Gasteiger partial charge in [-0.2, -0.15) is 13.2 Å². The van der Waals surface area contributed by atoms with E-state index < -0.39 is 23.1 Å². The van der Waals surface area contributed by atoms with Crippen LogP contribution in [0.5, 0.6) is 0 Å². The molecule has 0 radical (unpaired) electrons. The van der Waals surface area contributed by atoms with Crippen LogP contribution in [-0.2, 0) is 26.3 Å². The van der Waals surface area contributed by atoms with Crippen molar-refractivity contribution in [3.8, 4) is 0 Å². The number of carbonyl (C=O) groups excluding carboxylic acids is 2. The molecule has 2 saturated heterocycles. The van der Waals surface area contributed by atoms with Gasteiger partial charge < -0.3 is 15.0 Å². The van der Waals surface area contributed by atoms with E-state index in [2.05, 4.69) is 5.32 Å². The lowest BCUT2D eigenvalue weighted by Gasteiger charge is -2.50. The highest BCUT2D eigenvalue weighted by molar-refractivity contribution is 5.88. The number of nitrogens with zero attached hydrogens (tertiary/aromatic N) is 1. The van der Waals surface area contributed by atoms with Gasteiger partial charge >= 0.3 is 6.18 Å². The number of carbonyl (C=O) groups is 2. The molecule has 2 aromatic carbocycles. The van der Waals surface area contributed by atoms with E-state index in [0.717, 1.165) is 18.2 Å². The van der Waals surface area contributed by atoms with Crippen molar-refractivity contribution in [1.29, 1.82) is 0 Å². The van der Waals surface area contributed by atoms with Gasteiger partial charge in [-0.15, -0.1) is 0 Å². The van der Waals surface area contributed by atoms with Crippen LogP contribution in [0.15, 0.2) is 48.5 Å². The minimum Gasteiger partial charge on any atom is -0.356 e. The normalized spacial score (nSPS) is 21.3. The molecule has 4 rings (SSSR count). The highest BCUT2D eigenvalue weighted by Gasteiger charge is 2.64. The lowest BCUT2D eigenvalue weighted by atomic mass is 9.62. The molecule has 5 nitrogen and oxygen atoms in total. The summed E-state index contributed by atoms with van der Waals surface area (Å²) in [4.78, 5) is 27.2. The van der Waals surface area contributed by atoms with Crippen molar-refractivity contribution in [3.63, 3.8) is 0 Å². The average Bonchev–Trinajstić information content (AvgIpc) is 2.86. The van der Waals surface area contributed by atoms with E-state index in [1.165, 1.54) is 29.2 Å². The second kappa shape index (κ2) is 10.7. The summed E-state index contributed by atoms with van der Waals surface area (Å²) in [6, 6.07) is 12.0. The molecule has 0 aromatic heterocycles. The first kappa shape index (κ1) is 28.1. The number of amides is 2. The highest BCUT2D eigenvalue weighted by Crippen LogP contribution is 2.50. The summed E-state index contributed by atoms with van der Waals surface area (Å²) in [6.07, 6.45) is -3.40. The molecule has 206 valence electrons. The molecule has 2 fully saturated rings. The maximum atomic E-state index is 14.6. The summed E-state index contributed by atoms with van der Waals surface area (Å²) in [5, 5.41) is 2.86. The first-order valence-electron chi connectivity index (χ1n) is 12.9. The molecule has 38 heavy (non-hydrogen) atoms. The molecule has 2 aliphatic heterocycles. The van der Waals surface area contributed by atoms with Gasteiger partial charge in [0.05, 0.1) is 0 Å². The van der Waals surface area contributed by atoms with E-state index in [4.69, 9.17) is 4.74 Å². The summed E-state index contributed by atoms with van der Waals surface area (Å²) < 4.78 is 62.5. The van der Waals surface area contributed by atoms with Crippen LogP contribution in [0.3, 0.4) is 0 Å². The molecule has 9 heteroatoms. The number of likely N-dealkylation sites (tertiary alicyclic amines) is 1. The van der Waals surface area contributed by atoms with E-state index in [1.54, 1.807) is 24.3 Å². The second-order valence-corrected chi connectivity index (χ2v) is 10.9. The number of alkyl halides is 3. The van der Waals surface area contributed by atoms with Crippen molar-refractivity contribution in [2.45, 2.75) is 57.2 Å². The highest BCUT2D eigenvalue weighted by atomic mass is 19.4. The number of methoxy groups -OCH3 is 1. The summed E-state index contributed by atoms with van der Waals surface area (Å²) in [5.74, 6) is -1.47. The van der Waals surface area contributed by atoms with E-state index in [9.17, 15) is 27.2 Å². The number of piperidine rings is 2. The van der Waals surface area contributed by atoms with Crippen molar-refractivity contribution < 1.29 is 31.9 Å². The van der Waals surface area contributed by atoms with Crippen LogP contribution in [0.25, 0.3) is 0 Å². The summed E-state index contributed by atoms with van der Waals surface area (Å²) in [7, 11) is 0.912. The van der Waals surface area contributed by atoms with Gasteiger partial charge in [-0.05, 0) is 53.9 Å². The standard InChI is InChI=1S/C29H34F4N2O3/c1-19(2)16-20-4-8-22(9-5-20)28(38-3,29(31,32)33)26(37)35-14-12-27(13-15-35)17-25(36)34-18-24(27)21-6-10-23(30)11-7-21/h4-11,19,24H,12-18H2,1-3H3,(H,34,36). The molecular weight excluding hydrogens is 500 g/mol. The van der Waals surface area contributed by atoms with Crippen molar-refractivity contribution in [3.05, 3.63) is 71.0 Å². The van der Waals surface area contributed by atoms with Gasteiger partial charge in [0.25, 0.3) is 11.5 Å². The topological polar surface area (TPSA) is 58.6 Å². The van der Waals surface area contributed by atoms with E-state index in [1.807, 2.05) is 13.8 Å². The van der Waals surface area contributed by atoms with Crippen molar-refractivity contribution in [2.24, 2.45) is 11.3 Å². The lowest BCUT2D eigenvalue weighted by molar-refractivity contribution is -0.271. The predicted octanol–water partition coefficient (Wildman–Crippen LogP) is 5.34. The number of rotatable bonds is 6. The first-order valence-corrected chi connectivity index (χ1v) is 12.9. The van der Waals surface area contributed by atoms with Crippen molar-refractivity contribution in [1.82, 2.24) is 10.2 Å². The molecule has 1 spiro atoms. The Bertz CT molecular complexity index is 1140. The summed E-state index contributed by atoms with van der Waals surface area (Å²) in [5.41, 5.74) is -2.19. The lowest BCUT2D eigenvalue weighted by Crippen LogP contribution is -2.60.